The van der Waals surface area contributed by atoms with Crippen LogP contribution in [0.2, 0.25) is 5.02 Å². The summed E-state index contributed by atoms with van der Waals surface area (Å²) in [5, 5.41) is 4.05. The van der Waals surface area contributed by atoms with Crippen molar-refractivity contribution < 1.29 is 4.74 Å². The molecule has 0 aromatic heterocycles. The fraction of sp³-hybridized carbons (Fsp3) is 0.250. The minimum Gasteiger partial charge on any atom is -0.487 e. The second kappa shape index (κ2) is 5.64. The van der Waals surface area contributed by atoms with Gasteiger partial charge in [0.25, 0.3) is 0 Å². The molecule has 2 aromatic carbocycles. The van der Waals surface area contributed by atoms with Crippen LogP contribution >= 0.6 is 11.6 Å². The Morgan fingerprint density at radius 1 is 1.11 bits per heavy atom. The minimum absolute atomic E-state index is 0.576. The molecule has 0 unspecified atom stereocenters. The Labute approximate surface area is 118 Å². The number of fused-ring (bicyclic) bond motifs is 1. The average Bonchev–Trinajstić information content (AvgIpc) is 2.46. The normalized spacial score (nSPS) is 13.9. The molecule has 1 aliphatic heterocycles. The van der Waals surface area contributed by atoms with Crippen LogP contribution in [0, 0.1) is 0 Å². The molecular weight excluding hydrogens is 258 g/mol. The van der Waals surface area contributed by atoms with Gasteiger partial charge in [-0.3, -0.25) is 0 Å². The van der Waals surface area contributed by atoms with Gasteiger partial charge in [0.15, 0.2) is 0 Å². The second-order valence-electron chi connectivity index (χ2n) is 4.70. The van der Waals surface area contributed by atoms with Crippen LogP contribution in [0.1, 0.15) is 16.7 Å². The quantitative estimate of drug-likeness (QED) is 0.923. The molecule has 0 aliphatic carbocycles. The highest BCUT2D eigenvalue weighted by molar-refractivity contribution is 6.32. The lowest BCUT2D eigenvalue weighted by atomic mass is 9.96. The number of para-hydroxylation sites is 1. The zero-order valence-corrected chi connectivity index (χ0v) is 11.4. The van der Waals surface area contributed by atoms with Gasteiger partial charge < -0.3 is 10.1 Å². The maximum absolute atomic E-state index is 6.10. The van der Waals surface area contributed by atoms with E-state index in [-0.39, 0.29) is 0 Å². The lowest BCUT2D eigenvalue weighted by molar-refractivity contribution is 0.304. The molecule has 3 rings (SSSR count). The Balaban J connectivity index is 1.79. The van der Waals surface area contributed by atoms with Crippen LogP contribution in [0.3, 0.4) is 0 Å². The first-order valence-corrected chi connectivity index (χ1v) is 6.90. The highest BCUT2D eigenvalue weighted by Gasteiger charge is 2.12. The van der Waals surface area contributed by atoms with Crippen LogP contribution in [0.15, 0.2) is 42.5 Å². The maximum atomic E-state index is 6.10. The standard InChI is InChI=1S/C16H16ClNO/c17-15-6-1-2-7-16(15)19-11-13-5-3-4-12-10-18-9-8-14(12)13/h1-7,18H,8-11H2. The monoisotopic (exact) mass is 273 g/mol. The summed E-state index contributed by atoms with van der Waals surface area (Å²) in [6, 6.07) is 14.0. The molecule has 2 aromatic rings. The van der Waals surface area contributed by atoms with E-state index in [2.05, 4.69) is 23.5 Å². The number of hydrogen-bond acceptors (Lipinski definition) is 2. The molecule has 0 saturated heterocycles. The van der Waals surface area contributed by atoms with Crippen LogP contribution in [0.25, 0.3) is 0 Å². The highest BCUT2D eigenvalue weighted by Crippen LogP contribution is 2.25. The molecular formula is C16H16ClNO. The van der Waals surface area contributed by atoms with Gasteiger partial charge in [0.2, 0.25) is 0 Å². The van der Waals surface area contributed by atoms with Crippen molar-refractivity contribution in [3.05, 3.63) is 64.2 Å². The summed E-state index contributed by atoms with van der Waals surface area (Å²) < 4.78 is 5.84. The third-order valence-corrected chi connectivity index (χ3v) is 3.77. The third-order valence-electron chi connectivity index (χ3n) is 3.46. The maximum Gasteiger partial charge on any atom is 0.138 e. The molecule has 0 saturated carbocycles. The number of nitrogens with one attached hydrogen (secondary N) is 1. The van der Waals surface area contributed by atoms with Crippen molar-refractivity contribution in [1.82, 2.24) is 5.32 Å². The van der Waals surface area contributed by atoms with E-state index in [4.69, 9.17) is 16.3 Å². The highest BCUT2D eigenvalue weighted by atomic mass is 35.5. The van der Waals surface area contributed by atoms with Crippen LogP contribution in [-0.4, -0.2) is 6.54 Å². The lowest BCUT2D eigenvalue weighted by Crippen LogP contribution is -2.24. The van der Waals surface area contributed by atoms with Gasteiger partial charge in [-0.05, 0) is 41.8 Å². The first-order valence-electron chi connectivity index (χ1n) is 6.52. The van der Waals surface area contributed by atoms with Crippen molar-refractivity contribution in [3.8, 4) is 5.75 Å². The van der Waals surface area contributed by atoms with Crippen LogP contribution in [0.5, 0.6) is 5.75 Å². The number of ether oxygens (including phenoxy) is 1. The van der Waals surface area contributed by atoms with Gasteiger partial charge in [-0.2, -0.15) is 0 Å². The molecule has 1 N–H and O–H groups in total. The molecule has 1 heterocycles. The molecule has 0 amide bonds. The zero-order valence-electron chi connectivity index (χ0n) is 10.7. The Kier molecular flexibility index (Phi) is 3.72. The fourth-order valence-corrected chi connectivity index (χ4v) is 2.65. The van der Waals surface area contributed by atoms with E-state index in [0.717, 1.165) is 25.3 Å². The first kappa shape index (κ1) is 12.5. The average molecular weight is 274 g/mol. The van der Waals surface area contributed by atoms with Gasteiger partial charge in [-0.1, -0.05) is 41.9 Å². The fourth-order valence-electron chi connectivity index (χ4n) is 2.46. The summed E-state index contributed by atoms with van der Waals surface area (Å²) in [7, 11) is 0. The molecule has 2 nitrogen and oxygen atoms in total. The van der Waals surface area contributed by atoms with E-state index in [0.29, 0.717) is 11.6 Å². The van der Waals surface area contributed by atoms with E-state index in [1.165, 1.54) is 16.7 Å². The topological polar surface area (TPSA) is 21.3 Å². The van der Waals surface area contributed by atoms with Crippen molar-refractivity contribution in [1.29, 1.82) is 0 Å². The van der Waals surface area contributed by atoms with Crippen LogP contribution in [-0.2, 0) is 19.6 Å². The molecule has 19 heavy (non-hydrogen) atoms. The molecule has 0 spiro atoms. The third kappa shape index (κ3) is 2.75. The molecule has 0 radical (unpaired) electrons. The predicted molar refractivity (Wildman–Crippen MR) is 77.6 cm³/mol. The number of benzene rings is 2. The Bertz CT molecular complexity index is 583. The summed E-state index contributed by atoms with van der Waals surface area (Å²) in [6.07, 6.45) is 1.07. The van der Waals surface area contributed by atoms with Crippen LogP contribution in [0.4, 0.5) is 0 Å². The van der Waals surface area contributed by atoms with Crippen molar-refractivity contribution in [2.24, 2.45) is 0 Å². The Morgan fingerprint density at radius 2 is 2.00 bits per heavy atom. The van der Waals surface area contributed by atoms with E-state index in [1.54, 1.807) is 0 Å². The van der Waals surface area contributed by atoms with Crippen LogP contribution < -0.4 is 10.1 Å². The van der Waals surface area contributed by atoms with Gasteiger partial charge in [0.1, 0.15) is 12.4 Å². The summed E-state index contributed by atoms with van der Waals surface area (Å²) in [5.41, 5.74) is 4.07. The van der Waals surface area contributed by atoms with E-state index in [1.807, 2.05) is 24.3 Å². The largest absolute Gasteiger partial charge is 0.487 e. The minimum atomic E-state index is 0.576. The first-order chi connectivity index (χ1) is 9.34. The summed E-state index contributed by atoms with van der Waals surface area (Å²) in [4.78, 5) is 0. The summed E-state index contributed by atoms with van der Waals surface area (Å²) in [6.45, 7) is 2.57. The van der Waals surface area contributed by atoms with Gasteiger partial charge >= 0.3 is 0 Å². The lowest BCUT2D eigenvalue weighted by Gasteiger charge is -2.20. The number of hydrogen-bond donors (Lipinski definition) is 1. The Hall–Kier alpha value is -1.51. The molecule has 98 valence electrons. The van der Waals surface area contributed by atoms with Crippen molar-refractivity contribution in [3.63, 3.8) is 0 Å². The molecule has 0 atom stereocenters. The molecule has 0 bridgehead atoms. The van der Waals surface area contributed by atoms with Gasteiger partial charge in [0, 0.05) is 6.54 Å². The van der Waals surface area contributed by atoms with E-state index in [9.17, 15) is 0 Å². The second-order valence-corrected chi connectivity index (χ2v) is 5.11. The summed E-state index contributed by atoms with van der Waals surface area (Å²) in [5.74, 6) is 0.746. The van der Waals surface area contributed by atoms with Crippen molar-refractivity contribution >= 4 is 11.6 Å². The smallest absolute Gasteiger partial charge is 0.138 e. The van der Waals surface area contributed by atoms with Crippen molar-refractivity contribution in [2.45, 2.75) is 19.6 Å². The number of rotatable bonds is 3. The van der Waals surface area contributed by atoms with Gasteiger partial charge in [-0.15, -0.1) is 0 Å². The SMILES string of the molecule is Clc1ccccc1OCc1cccc2c1CCNC2. The predicted octanol–water partition coefficient (Wildman–Crippen LogP) is 3.56. The molecule has 0 fully saturated rings. The van der Waals surface area contributed by atoms with E-state index >= 15 is 0 Å². The summed E-state index contributed by atoms with van der Waals surface area (Å²) >= 11 is 6.10. The Morgan fingerprint density at radius 3 is 2.89 bits per heavy atom. The van der Waals surface area contributed by atoms with Crippen molar-refractivity contribution in [2.75, 3.05) is 6.54 Å². The van der Waals surface area contributed by atoms with E-state index < -0.39 is 0 Å². The van der Waals surface area contributed by atoms with Gasteiger partial charge in [-0.25, -0.2) is 0 Å². The molecule has 1 aliphatic rings. The molecule has 3 heteroatoms. The van der Waals surface area contributed by atoms with Gasteiger partial charge in [0.05, 0.1) is 5.02 Å². The zero-order chi connectivity index (χ0) is 13.1. The number of halogens is 1.